The molecule has 0 bridgehead atoms. The maximum absolute atomic E-state index is 12.4. The number of ether oxygens (including phenoxy) is 2. The molecule has 0 aliphatic carbocycles. The first-order valence-electron chi connectivity index (χ1n) is 9.38. The standard InChI is InChI=1S/C22H21N3O4S2/c1-3-29-16-9-6-14(7-10-16)20(26)25-22(30)23-15-8-11-17(18(13-15)28-2)24-21(27)19-5-4-12-31-19/h4-13H,3H2,1-2H3,(H,24,27)(H2,23,25,26,30). The molecule has 3 aromatic rings. The molecule has 0 fully saturated rings. The van der Waals surface area contributed by atoms with Gasteiger partial charge in [-0.25, -0.2) is 0 Å². The number of hydrogen-bond donors (Lipinski definition) is 3. The van der Waals surface area contributed by atoms with E-state index >= 15 is 0 Å². The van der Waals surface area contributed by atoms with Gasteiger partial charge in [0.05, 0.1) is 24.3 Å². The number of methoxy groups -OCH3 is 1. The molecule has 31 heavy (non-hydrogen) atoms. The lowest BCUT2D eigenvalue weighted by Gasteiger charge is -2.14. The second-order valence-corrected chi connectivity index (χ2v) is 7.57. The van der Waals surface area contributed by atoms with Crippen molar-refractivity contribution >= 4 is 51.9 Å². The van der Waals surface area contributed by atoms with E-state index in [9.17, 15) is 9.59 Å². The van der Waals surface area contributed by atoms with Crippen molar-refractivity contribution in [1.29, 1.82) is 0 Å². The quantitative estimate of drug-likeness (QED) is 0.454. The Labute approximate surface area is 189 Å². The third-order valence-electron chi connectivity index (χ3n) is 4.11. The smallest absolute Gasteiger partial charge is 0.265 e. The summed E-state index contributed by atoms with van der Waals surface area (Å²) in [4.78, 5) is 25.2. The van der Waals surface area contributed by atoms with E-state index in [-0.39, 0.29) is 16.9 Å². The number of hydrogen-bond acceptors (Lipinski definition) is 6. The van der Waals surface area contributed by atoms with Crippen LogP contribution >= 0.6 is 23.6 Å². The van der Waals surface area contributed by atoms with Crippen LogP contribution in [-0.4, -0.2) is 30.6 Å². The molecule has 1 heterocycles. The van der Waals surface area contributed by atoms with Crippen molar-refractivity contribution < 1.29 is 19.1 Å². The third kappa shape index (κ3) is 6.03. The number of carbonyl (C=O) groups is 2. The first-order valence-corrected chi connectivity index (χ1v) is 10.7. The number of amides is 2. The fourth-order valence-electron chi connectivity index (χ4n) is 2.67. The summed E-state index contributed by atoms with van der Waals surface area (Å²) in [7, 11) is 1.51. The highest BCUT2D eigenvalue weighted by atomic mass is 32.1. The Morgan fingerprint density at radius 2 is 1.81 bits per heavy atom. The average molecular weight is 456 g/mol. The highest BCUT2D eigenvalue weighted by Crippen LogP contribution is 2.28. The van der Waals surface area contributed by atoms with E-state index in [1.54, 1.807) is 48.5 Å². The molecule has 0 radical (unpaired) electrons. The lowest BCUT2D eigenvalue weighted by Crippen LogP contribution is -2.34. The molecule has 7 nitrogen and oxygen atoms in total. The van der Waals surface area contributed by atoms with E-state index in [1.807, 2.05) is 18.4 Å². The molecule has 3 N–H and O–H groups in total. The molecule has 0 unspecified atom stereocenters. The van der Waals surface area contributed by atoms with Crippen molar-refractivity contribution in [1.82, 2.24) is 5.32 Å². The van der Waals surface area contributed by atoms with Crippen LogP contribution in [0, 0.1) is 0 Å². The summed E-state index contributed by atoms with van der Waals surface area (Å²) in [6, 6.07) is 15.4. The van der Waals surface area contributed by atoms with E-state index in [0.717, 1.165) is 0 Å². The molecule has 9 heteroatoms. The molecule has 0 saturated heterocycles. The van der Waals surface area contributed by atoms with Gasteiger partial charge in [0.2, 0.25) is 0 Å². The minimum absolute atomic E-state index is 0.135. The lowest BCUT2D eigenvalue weighted by molar-refractivity contribution is 0.0976. The van der Waals surface area contributed by atoms with Gasteiger partial charge >= 0.3 is 0 Å². The molecule has 160 valence electrons. The predicted molar refractivity (Wildman–Crippen MR) is 127 cm³/mol. The first-order chi connectivity index (χ1) is 15.0. The van der Waals surface area contributed by atoms with Gasteiger partial charge < -0.3 is 20.1 Å². The second-order valence-electron chi connectivity index (χ2n) is 6.21. The van der Waals surface area contributed by atoms with Crippen LogP contribution in [0.25, 0.3) is 0 Å². The Morgan fingerprint density at radius 1 is 1.03 bits per heavy atom. The van der Waals surface area contributed by atoms with Crippen molar-refractivity contribution in [3.05, 3.63) is 70.4 Å². The van der Waals surface area contributed by atoms with Crippen LogP contribution < -0.4 is 25.4 Å². The Morgan fingerprint density at radius 3 is 2.45 bits per heavy atom. The topological polar surface area (TPSA) is 88.7 Å². The van der Waals surface area contributed by atoms with Gasteiger partial charge in [0.15, 0.2) is 5.11 Å². The zero-order chi connectivity index (χ0) is 22.2. The van der Waals surface area contributed by atoms with Crippen molar-refractivity contribution in [2.75, 3.05) is 24.4 Å². The Bertz CT molecular complexity index is 1070. The number of benzene rings is 2. The summed E-state index contributed by atoms with van der Waals surface area (Å²) in [5.74, 6) is 0.591. The van der Waals surface area contributed by atoms with Gasteiger partial charge in [-0.3, -0.25) is 14.9 Å². The number of nitrogens with one attached hydrogen (secondary N) is 3. The van der Waals surface area contributed by atoms with Crippen molar-refractivity contribution in [2.24, 2.45) is 0 Å². The minimum atomic E-state index is -0.340. The van der Waals surface area contributed by atoms with Crippen LogP contribution in [-0.2, 0) is 0 Å². The largest absolute Gasteiger partial charge is 0.494 e. The zero-order valence-electron chi connectivity index (χ0n) is 16.9. The van der Waals surface area contributed by atoms with E-state index in [2.05, 4.69) is 16.0 Å². The van der Waals surface area contributed by atoms with E-state index in [4.69, 9.17) is 21.7 Å². The molecule has 2 amide bonds. The lowest BCUT2D eigenvalue weighted by atomic mass is 10.2. The minimum Gasteiger partial charge on any atom is -0.494 e. The van der Waals surface area contributed by atoms with Gasteiger partial charge in [-0.15, -0.1) is 11.3 Å². The molecular formula is C22H21N3O4S2. The average Bonchev–Trinajstić information content (AvgIpc) is 3.30. The normalized spacial score (nSPS) is 10.1. The van der Waals surface area contributed by atoms with Gasteiger partial charge in [0.25, 0.3) is 11.8 Å². The van der Waals surface area contributed by atoms with Gasteiger partial charge in [-0.1, -0.05) is 6.07 Å². The second kappa shape index (κ2) is 10.6. The van der Waals surface area contributed by atoms with Gasteiger partial charge in [0, 0.05) is 17.3 Å². The van der Waals surface area contributed by atoms with Crippen molar-refractivity contribution in [2.45, 2.75) is 6.92 Å². The maximum Gasteiger partial charge on any atom is 0.265 e. The van der Waals surface area contributed by atoms with Crippen LogP contribution in [0.1, 0.15) is 27.0 Å². The Balaban J connectivity index is 1.61. The van der Waals surface area contributed by atoms with Crippen LogP contribution in [0.5, 0.6) is 11.5 Å². The van der Waals surface area contributed by atoms with Crippen LogP contribution in [0.3, 0.4) is 0 Å². The zero-order valence-corrected chi connectivity index (χ0v) is 18.6. The van der Waals surface area contributed by atoms with Gasteiger partial charge in [0.1, 0.15) is 11.5 Å². The van der Waals surface area contributed by atoms with Gasteiger partial charge in [-0.05, 0) is 67.0 Å². The van der Waals surface area contributed by atoms with Crippen LogP contribution in [0.4, 0.5) is 11.4 Å². The molecule has 0 aliphatic heterocycles. The highest BCUT2D eigenvalue weighted by Gasteiger charge is 2.13. The van der Waals surface area contributed by atoms with Crippen molar-refractivity contribution in [3.63, 3.8) is 0 Å². The SMILES string of the molecule is CCOc1ccc(C(=O)NC(=S)Nc2ccc(NC(=O)c3cccs3)c(OC)c2)cc1. The molecule has 0 spiro atoms. The summed E-state index contributed by atoms with van der Waals surface area (Å²) in [6.45, 7) is 2.45. The van der Waals surface area contributed by atoms with E-state index in [1.165, 1.54) is 18.4 Å². The van der Waals surface area contributed by atoms with Crippen LogP contribution in [0.15, 0.2) is 60.0 Å². The van der Waals surface area contributed by atoms with Crippen LogP contribution in [0.2, 0.25) is 0 Å². The van der Waals surface area contributed by atoms with Gasteiger partial charge in [-0.2, -0.15) is 0 Å². The molecule has 0 aliphatic rings. The molecular weight excluding hydrogens is 434 g/mol. The fraction of sp³-hybridized carbons (Fsp3) is 0.136. The Hall–Kier alpha value is -3.43. The summed E-state index contributed by atoms with van der Waals surface area (Å²) >= 11 is 6.59. The molecule has 0 saturated carbocycles. The van der Waals surface area contributed by atoms with Crippen molar-refractivity contribution in [3.8, 4) is 11.5 Å². The molecule has 2 aromatic carbocycles. The number of anilines is 2. The summed E-state index contributed by atoms with van der Waals surface area (Å²) in [6.07, 6.45) is 0. The van der Waals surface area contributed by atoms with E-state index in [0.29, 0.717) is 39.9 Å². The highest BCUT2D eigenvalue weighted by molar-refractivity contribution is 7.80. The summed E-state index contributed by atoms with van der Waals surface area (Å²) in [5, 5.41) is 10.4. The monoisotopic (exact) mass is 455 g/mol. The van der Waals surface area contributed by atoms with E-state index < -0.39 is 0 Å². The fourth-order valence-corrected chi connectivity index (χ4v) is 3.50. The number of thiophene rings is 1. The number of carbonyl (C=O) groups excluding carboxylic acids is 2. The first kappa shape index (κ1) is 22.3. The third-order valence-corrected chi connectivity index (χ3v) is 5.18. The molecule has 0 atom stereocenters. The summed E-state index contributed by atoms with van der Waals surface area (Å²) < 4.78 is 10.7. The Kier molecular flexibility index (Phi) is 7.58. The predicted octanol–water partition coefficient (Wildman–Crippen LogP) is 4.53. The maximum atomic E-state index is 12.4. The number of thiocarbonyl (C=S) groups is 1. The summed E-state index contributed by atoms with van der Waals surface area (Å²) in [5.41, 5.74) is 1.58. The number of rotatable bonds is 7. The molecule has 3 rings (SSSR count). The molecule has 1 aromatic heterocycles.